The molecule has 0 heterocycles. The van der Waals surface area contributed by atoms with Gasteiger partial charge in [0.25, 0.3) is 5.91 Å². The molecule has 4 rings (SSSR count). The zero-order valence-corrected chi connectivity index (χ0v) is 24.6. The van der Waals surface area contributed by atoms with E-state index < -0.39 is 17.9 Å². The molecule has 4 aromatic rings. The van der Waals surface area contributed by atoms with E-state index in [-0.39, 0.29) is 6.42 Å². The van der Waals surface area contributed by atoms with Gasteiger partial charge < -0.3 is 20.5 Å². The number of carboxylic acid groups (broad SMARTS) is 1. The summed E-state index contributed by atoms with van der Waals surface area (Å²) in [6, 6.07) is 29.0. The Balaban J connectivity index is 1.37. The van der Waals surface area contributed by atoms with Gasteiger partial charge in [0.2, 0.25) is 0 Å². The Kier molecular flexibility index (Phi) is 11.4. The van der Waals surface area contributed by atoms with Crippen LogP contribution >= 0.6 is 11.6 Å². The maximum Gasteiger partial charge on any atom is 0.326 e. The number of ether oxygens (including phenoxy) is 1. The zero-order chi connectivity index (χ0) is 29.7. The van der Waals surface area contributed by atoms with Gasteiger partial charge in [0, 0.05) is 23.7 Å². The molecular formula is C35H37ClN2O4. The maximum absolute atomic E-state index is 13.2. The van der Waals surface area contributed by atoms with E-state index in [0.717, 1.165) is 47.6 Å². The molecule has 42 heavy (non-hydrogen) atoms. The summed E-state index contributed by atoms with van der Waals surface area (Å²) >= 11 is 6.19. The van der Waals surface area contributed by atoms with Crippen molar-refractivity contribution in [2.24, 2.45) is 0 Å². The van der Waals surface area contributed by atoms with Crippen LogP contribution in [0.25, 0.3) is 11.1 Å². The van der Waals surface area contributed by atoms with E-state index in [9.17, 15) is 14.7 Å². The average molecular weight is 585 g/mol. The first-order chi connectivity index (χ1) is 20.4. The fourth-order valence-corrected chi connectivity index (χ4v) is 4.83. The van der Waals surface area contributed by atoms with Crippen LogP contribution in [-0.4, -0.2) is 29.6 Å². The number of carbonyl (C=O) groups is 2. The largest absolute Gasteiger partial charge is 0.480 e. The average Bonchev–Trinajstić information content (AvgIpc) is 3.00. The number of rotatable bonds is 15. The molecule has 1 unspecified atom stereocenters. The van der Waals surface area contributed by atoms with Gasteiger partial charge in [-0.25, -0.2) is 4.79 Å². The third-order valence-electron chi connectivity index (χ3n) is 6.99. The number of aliphatic carboxylic acids is 1. The fourth-order valence-electron chi connectivity index (χ4n) is 4.66. The van der Waals surface area contributed by atoms with E-state index >= 15 is 0 Å². The second-order valence-electron chi connectivity index (χ2n) is 10.2. The van der Waals surface area contributed by atoms with Gasteiger partial charge in [-0.05, 0) is 65.6 Å². The molecule has 0 fully saturated rings. The number of benzene rings is 4. The molecule has 7 heteroatoms. The van der Waals surface area contributed by atoms with Crippen LogP contribution < -0.4 is 15.4 Å². The third kappa shape index (κ3) is 9.11. The van der Waals surface area contributed by atoms with Crippen molar-refractivity contribution in [1.29, 1.82) is 0 Å². The first-order valence-corrected chi connectivity index (χ1v) is 14.8. The summed E-state index contributed by atoms with van der Waals surface area (Å²) in [6.45, 7) is 2.91. The minimum atomic E-state index is -1.10. The van der Waals surface area contributed by atoms with Crippen molar-refractivity contribution in [3.8, 4) is 22.6 Å². The monoisotopic (exact) mass is 584 g/mol. The Morgan fingerprint density at radius 3 is 2.12 bits per heavy atom. The van der Waals surface area contributed by atoms with Crippen LogP contribution in [0.15, 0.2) is 97.1 Å². The first-order valence-electron chi connectivity index (χ1n) is 14.4. The number of nitrogens with one attached hydrogen (secondary N) is 2. The lowest BCUT2D eigenvalue weighted by molar-refractivity contribution is -0.139. The van der Waals surface area contributed by atoms with Crippen molar-refractivity contribution >= 4 is 29.2 Å². The van der Waals surface area contributed by atoms with Crippen molar-refractivity contribution in [1.82, 2.24) is 5.32 Å². The van der Waals surface area contributed by atoms with Crippen LogP contribution in [0.4, 0.5) is 5.69 Å². The smallest absolute Gasteiger partial charge is 0.326 e. The normalized spacial score (nSPS) is 11.5. The molecule has 1 atom stereocenters. The van der Waals surface area contributed by atoms with Gasteiger partial charge in [0.1, 0.15) is 17.5 Å². The quantitative estimate of drug-likeness (QED) is 0.122. The van der Waals surface area contributed by atoms with Gasteiger partial charge in [-0.3, -0.25) is 4.79 Å². The summed E-state index contributed by atoms with van der Waals surface area (Å²) in [7, 11) is 0. The molecule has 0 saturated carbocycles. The summed E-state index contributed by atoms with van der Waals surface area (Å²) in [5.41, 5.74) is 3.77. The highest BCUT2D eigenvalue weighted by molar-refractivity contribution is 6.31. The highest BCUT2D eigenvalue weighted by Gasteiger charge is 2.23. The molecule has 218 valence electrons. The molecule has 1 amide bonds. The fraction of sp³-hybridized carbons (Fsp3) is 0.257. The van der Waals surface area contributed by atoms with E-state index in [1.165, 1.54) is 19.3 Å². The molecule has 0 saturated heterocycles. The molecule has 3 N–H and O–H groups in total. The molecule has 0 radical (unpaired) electrons. The lowest BCUT2D eigenvalue weighted by atomic mass is 10.00. The summed E-state index contributed by atoms with van der Waals surface area (Å²) in [5, 5.41) is 16.3. The number of amides is 1. The van der Waals surface area contributed by atoms with Gasteiger partial charge in [0.05, 0.1) is 5.56 Å². The van der Waals surface area contributed by atoms with Crippen LogP contribution in [0.1, 0.15) is 54.9 Å². The predicted molar refractivity (Wildman–Crippen MR) is 170 cm³/mol. The van der Waals surface area contributed by atoms with Crippen molar-refractivity contribution in [2.75, 3.05) is 11.9 Å². The number of hydrogen-bond acceptors (Lipinski definition) is 4. The van der Waals surface area contributed by atoms with Crippen LogP contribution in [0, 0.1) is 0 Å². The lowest BCUT2D eigenvalue weighted by Gasteiger charge is -2.17. The summed E-state index contributed by atoms with van der Waals surface area (Å²) < 4.78 is 5.87. The first kappa shape index (κ1) is 30.7. The number of para-hydroxylation sites is 1. The van der Waals surface area contributed by atoms with Crippen LogP contribution in [0.5, 0.6) is 11.5 Å². The van der Waals surface area contributed by atoms with Gasteiger partial charge >= 0.3 is 5.97 Å². The van der Waals surface area contributed by atoms with Crippen molar-refractivity contribution < 1.29 is 19.4 Å². The number of anilines is 1. The molecular weight excluding hydrogens is 548 g/mol. The van der Waals surface area contributed by atoms with Gasteiger partial charge in [-0.1, -0.05) is 98.8 Å². The summed E-state index contributed by atoms with van der Waals surface area (Å²) in [6.07, 6.45) is 5.83. The van der Waals surface area contributed by atoms with Gasteiger partial charge in [-0.2, -0.15) is 0 Å². The molecule has 0 aliphatic rings. The number of carbonyl (C=O) groups excluding carboxylic acids is 1. The van der Waals surface area contributed by atoms with Crippen LogP contribution in [0.3, 0.4) is 0 Å². The Morgan fingerprint density at radius 2 is 1.45 bits per heavy atom. The SMILES string of the molecule is CCCCCCCNc1ccc(Cl)cc1C(=O)NC(Cc1ccc(-c2ccc(Oc3ccccc3)cc2)cc1)C(=O)O. The molecule has 0 aliphatic carbocycles. The number of unbranched alkanes of at least 4 members (excludes halogenated alkanes) is 4. The molecule has 0 bridgehead atoms. The van der Waals surface area contributed by atoms with Crippen molar-refractivity contribution in [3.63, 3.8) is 0 Å². The standard InChI is InChI=1S/C35H37ClN2O4/c1-2-3-4-5-9-22-37-32-21-18-28(36)24-31(32)34(39)38-33(35(40)41)23-25-12-14-26(15-13-25)27-16-19-30(20-17-27)42-29-10-7-6-8-11-29/h6-8,10-21,24,33,37H,2-5,9,22-23H2,1H3,(H,38,39)(H,40,41). The summed E-state index contributed by atoms with van der Waals surface area (Å²) in [4.78, 5) is 25.3. The Bertz CT molecular complexity index is 1440. The maximum atomic E-state index is 13.2. The summed E-state index contributed by atoms with van der Waals surface area (Å²) in [5.74, 6) is -0.0660. The molecule has 0 aliphatic heterocycles. The number of carboxylic acids is 1. The van der Waals surface area contributed by atoms with Crippen molar-refractivity contribution in [2.45, 2.75) is 51.5 Å². The highest BCUT2D eigenvalue weighted by Crippen LogP contribution is 2.26. The lowest BCUT2D eigenvalue weighted by Crippen LogP contribution is -2.42. The van der Waals surface area contributed by atoms with Crippen molar-refractivity contribution in [3.05, 3.63) is 113 Å². The van der Waals surface area contributed by atoms with Crippen LogP contribution in [0.2, 0.25) is 5.02 Å². The zero-order valence-electron chi connectivity index (χ0n) is 23.8. The second-order valence-corrected chi connectivity index (χ2v) is 10.7. The third-order valence-corrected chi connectivity index (χ3v) is 7.22. The predicted octanol–water partition coefficient (Wildman–Crippen LogP) is 8.61. The number of hydrogen-bond donors (Lipinski definition) is 3. The minimum absolute atomic E-state index is 0.145. The Hall–Kier alpha value is -4.29. The highest BCUT2D eigenvalue weighted by atomic mass is 35.5. The Labute approximate surface area is 252 Å². The topological polar surface area (TPSA) is 87.7 Å². The van der Waals surface area contributed by atoms with E-state index in [2.05, 4.69) is 17.6 Å². The van der Waals surface area contributed by atoms with Crippen LogP contribution in [-0.2, 0) is 11.2 Å². The van der Waals surface area contributed by atoms with E-state index in [4.69, 9.17) is 16.3 Å². The van der Waals surface area contributed by atoms with Gasteiger partial charge in [0.15, 0.2) is 0 Å². The van der Waals surface area contributed by atoms with E-state index in [1.807, 2.05) is 78.9 Å². The molecule has 0 aromatic heterocycles. The minimum Gasteiger partial charge on any atom is -0.480 e. The molecule has 6 nitrogen and oxygen atoms in total. The van der Waals surface area contributed by atoms with Gasteiger partial charge in [-0.15, -0.1) is 0 Å². The molecule has 4 aromatic carbocycles. The Morgan fingerprint density at radius 1 is 0.810 bits per heavy atom. The number of halogens is 1. The molecule has 0 spiro atoms. The van der Waals surface area contributed by atoms with E-state index in [1.54, 1.807) is 18.2 Å². The van der Waals surface area contributed by atoms with E-state index in [0.29, 0.717) is 16.3 Å². The second kappa shape index (κ2) is 15.6.